The summed E-state index contributed by atoms with van der Waals surface area (Å²) in [5.41, 5.74) is 2.73. The molecule has 0 amide bonds. The Labute approximate surface area is 77.5 Å². The molecule has 1 aromatic heterocycles. The Morgan fingerprint density at radius 2 is 2.25 bits per heavy atom. The van der Waals surface area contributed by atoms with Gasteiger partial charge < -0.3 is 0 Å². The minimum absolute atomic E-state index is 0.653. The normalized spacial score (nSPS) is 16.1. The average molecular weight is 185 g/mol. The van der Waals surface area contributed by atoms with Crippen molar-refractivity contribution in [1.82, 2.24) is 9.78 Å². The SMILES string of the molecule is ClCCn1cc2c(n1)CCCC2. The topological polar surface area (TPSA) is 17.8 Å². The van der Waals surface area contributed by atoms with Crippen molar-refractivity contribution in [1.29, 1.82) is 0 Å². The molecule has 1 heterocycles. The quantitative estimate of drug-likeness (QED) is 0.643. The molecule has 2 nitrogen and oxygen atoms in total. The molecule has 3 heteroatoms. The van der Waals surface area contributed by atoms with Crippen molar-refractivity contribution >= 4 is 11.6 Å². The Balaban J connectivity index is 2.20. The zero-order valence-corrected chi connectivity index (χ0v) is 7.85. The minimum atomic E-state index is 0.653. The van der Waals surface area contributed by atoms with E-state index in [0.717, 1.165) is 13.0 Å². The number of rotatable bonds is 2. The van der Waals surface area contributed by atoms with Crippen molar-refractivity contribution in [2.75, 3.05) is 5.88 Å². The van der Waals surface area contributed by atoms with E-state index in [0.29, 0.717) is 5.88 Å². The Hall–Kier alpha value is -0.500. The second kappa shape index (κ2) is 3.48. The monoisotopic (exact) mass is 184 g/mol. The fraction of sp³-hybridized carbons (Fsp3) is 0.667. The van der Waals surface area contributed by atoms with Gasteiger partial charge in [-0.25, -0.2) is 0 Å². The maximum absolute atomic E-state index is 5.64. The molecule has 0 fully saturated rings. The summed E-state index contributed by atoms with van der Waals surface area (Å²) < 4.78 is 1.98. The highest BCUT2D eigenvalue weighted by Gasteiger charge is 2.12. The van der Waals surface area contributed by atoms with E-state index in [9.17, 15) is 0 Å². The van der Waals surface area contributed by atoms with E-state index in [1.165, 1.54) is 30.5 Å². The molecule has 1 aliphatic rings. The van der Waals surface area contributed by atoms with Gasteiger partial charge in [-0.3, -0.25) is 4.68 Å². The van der Waals surface area contributed by atoms with E-state index in [1.54, 1.807) is 0 Å². The van der Waals surface area contributed by atoms with E-state index in [2.05, 4.69) is 11.3 Å². The lowest BCUT2D eigenvalue weighted by Gasteiger charge is -2.06. The molecule has 0 aliphatic heterocycles. The molecule has 2 rings (SSSR count). The number of hydrogen-bond acceptors (Lipinski definition) is 1. The lowest BCUT2D eigenvalue weighted by atomic mass is 9.99. The van der Waals surface area contributed by atoms with Crippen molar-refractivity contribution in [3.05, 3.63) is 17.5 Å². The highest BCUT2D eigenvalue weighted by molar-refractivity contribution is 6.17. The maximum Gasteiger partial charge on any atom is 0.0656 e. The zero-order valence-electron chi connectivity index (χ0n) is 7.09. The van der Waals surface area contributed by atoms with Gasteiger partial charge in [-0.2, -0.15) is 5.10 Å². The van der Waals surface area contributed by atoms with Gasteiger partial charge in [-0.05, 0) is 31.2 Å². The molecule has 1 aromatic rings. The molecular weight excluding hydrogens is 172 g/mol. The average Bonchev–Trinajstić information content (AvgIpc) is 2.47. The van der Waals surface area contributed by atoms with Crippen molar-refractivity contribution in [3.8, 4) is 0 Å². The van der Waals surface area contributed by atoms with Crippen LogP contribution in [0, 0.1) is 0 Å². The van der Waals surface area contributed by atoms with Crippen LogP contribution in [0.5, 0.6) is 0 Å². The van der Waals surface area contributed by atoms with Crippen LogP contribution in [-0.4, -0.2) is 15.7 Å². The van der Waals surface area contributed by atoms with E-state index >= 15 is 0 Å². The fourth-order valence-corrected chi connectivity index (χ4v) is 1.90. The highest BCUT2D eigenvalue weighted by atomic mass is 35.5. The van der Waals surface area contributed by atoms with Gasteiger partial charge in [0, 0.05) is 12.1 Å². The number of halogens is 1. The van der Waals surface area contributed by atoms with Gasteiger partial charge in [-0.1, -0.05) is 0 Å². The predicted molar refractivity (Wildman–Crippen MR) is 49.6 cm³/mol. The number of fused-ring (bicyclic) bond motifs is 1. The molecular formula is C9H13ClN2. The largest absolute Gasteiger partial charge is 0.271 e. The molecule has 0 saturated carbocycles. The molecule has 0 atom stereocenters. The van der Waals surface area contributed by atoms with Gasteiger partial charge in [0.05, 0.1) is 12.2 Å². The first-order valence-electron chi connectivity index (χ1n) is 4.51. The summed E-state index contributed by atoms with van der Waals surface area (Å²) in [7, 11) is 0. The van der Waals surface area contributed by atoms with E-state index in [-0.39, 0.29) is 0 Å². The standard InChI is InChI=1S/C9H13ClN2/c10-5-6-12-7-8-3-1-2-4-9(8)11-12/h7H,1-6H2. The Morgan fingerprint density at radius 1 is 1.42 bits per heavy atom. The summed E-state index contributed by atoms with van der Waals surface area (Å²) in [5.74, 6) is 0.653. The Kier molecular flexibility index (Phi) is 2.35. The molecule has 1 aliphatic carbocycles. The summed E-state index contributed by atoms with van der Waals surface area (Å²) in [6.07, 6.45) is 7.13. The molecule has 66 valence electrons. The van der Waals surface area contributed by atoms with Crippen LogP contribution in [0.4, 0.5) is 0 Å². The van der Waals surface area contributed by atoms with E-state index in [1.807, 2.05) is 4.68 Å². The first-order valence-corrected chi connectivity index (χ1v) is 5.05. The molecule has 0 N–H and O–H groups in total. The summed E-state index contributed by atoms with van der Waals surface area (Å²) in [5, 5.41) is 4.47. The molecule has 0 unspecified atom stereocenters. The summed E-state index contributed by atoms with van der Waals surface area (Å²) in [4.78, 5) is 0. The second-order valence-corrected chi connectivity index (χ2v) is 3.64. The van der Waals surface area contributed by atoms with Gasteiger partial charge >= 0.3 is 0 Å². The van der Waals surface area contributed by atoms with Gasteiger partial charge in [0.25, 0.3) is 0 Å². The second-order valence-electron chi connectivity index (χ2n) is 3.26. The Morgan fingerprint density at radius 3 is 3.00 bits per heavy atom. The van der Waals surface area contributed by atoms with Crippen LogP contribution in [0.1, 0.15) is 24.1 Å². The number of nitrogens with zero attached hydrogens (tertiary/aromatic N) is 2. The van der Waals surface area contributed by atoms with Crippen molar-refractivity contribution < 1.29 is 0 Å². The summed E-state index contributed by atoms with van der Waals surface area (Å²) in [6, 6.07) is 0. The number of aromatic nitrogens is 2. The third-order valence-corrected chi connectivity index (χ3v) is 2.52. The third-order valence-electron chi connectivity index (χ3n) is 2.35. The van der Waals surface area contributed by atoms with Crippen LogP contribution in [0.3, 0.4) is 0 Å². The fourth-order valence-electron chi connectivity index (χ4n) is 1.73. The number of aryl methyl sites for hydroxylation is 3. The van der Waals surface area contributed by atoms with Crippen molar-refractivity contribution in [3.63, 3.8) is 0 Å². The molecule has 0 spiro atoms. The number of alkyl halides is 1. The van der Waals surface area contributed by atoms with Crippen LogP contribution in [-0.2, 0) is 19.4 Å². The Bertz CT molecular complexity index is 244. The van der Waals surface area contributed by atoms with Crippen LogP contribution in [0.2, 0.25) is 0 Å². The molecule has 0 radical (unpaired) electrons. The molecule has 0 bridgehead atoms. The first kappa shape index (κ1) is 8.11. The van der Waals surface area contributed by atoms with Gasteiger partial charge in [-0.15, -0.1) is 11.6 Å². The lowest BCUT2D eigenvalue weighted by molar-refractivity contribution is 0.634. The van der Waals surface area contributed by atoms with Gasteiger partial charge in [0.1, 0.15) is 0 Å². The van der Waals surface area contributed by atoms with Crippen molar-refractivity contribution in [2.45, 2.75) is 32.2 Å². The maximum atomic E-state index is 5.64. The summed E-state index contributed by atoms with van der Waals surface area (Å²) >= 11 is 5.64. The lowest BCUT2D eigenvalue weighted by Crippen LogP contribution is -2.01. The predicted octanol–water partition coefficient (Wildman–Crippen LogP) is 2.00. The van der Waals surface area contributed by atoms with E-state index in [4.69, 9.17) is 11.6 Å². The highest BCUT2D eigenvalue weighted by Crippen LogP contribution is 2.19. The third kappa shape index (κ3) is 1.48. The van der Waals surface area contributed by atoms with Crippen molar-refractivity contribution in [2.24, 2.45) is 0 Å². The molecule has 12 heavy (non-hydrogen) atoms. The molecule has 0 saturated heterocycles. The molecule has 0 aromatic carbocycles. The first-order chi connectivity index (χ1) is 5.90. The summed E-state index contributed by atoms with van der Waals surface area (Å²) in [6.45, 7) is 0.842. The van der Waals surface area contributed by atoms with Crippen LogP contribution < -0.4 is 0 Å². The van der Waals surface area contributed by atoms with E-state index < -0.39 is 0 Å². The zero-order chi connectivity index (χ0) is 8.39. The van der Waals surface area contributed by atoms with Crippen LogP contribution in [0.15, 0.2) is 6.20 Å². The minimum Gasteiger partial charge on any atom is -0.271 e. The smallest absolute Gasteiger partial charge is 0.0656 e. The number of hydrogen-bond donors (Lipinski definition) is 0. The van der Waals surface area contributed by atoms with Gasteiger partial charge in [0.2, 0.25) is 0 Å². The van der Waals surface area contributed by atoms with Crippen LogP contribution >= 0.6 is 11.6 Å². The van der Waals surface area contributed by atoms with Gasteiger partial charge in [0.15, 0.2) is 0 Å². The van der Waals surface area contributed by atoms with Crippen LogP contribution in [0.25, 0.3) is 0 Å².